The second-order valence-electron chi connectivity index (χ2n) is 6.11. The Labute approximate surface area is 148 Å². The zero-order valence-corrected chi connectivity index (χ0v) is 15.0. The topological polar surface area (TPSA) is 48.0 Å². The monoisotopic (exact) mass is 341 g/mol. The molecule has 1 amide bonds. The van der Waals surface area contributed by atoms with E-state index in [4.69, 9.17) is 14.2 Å². The molecule has 0 unspecified atom stereocenters. The van der Waals surface area contributed by atoms with E-state index < -0.39 is 0 Å². The molecule has 2 aromatic rings. The van der Waals surface area contributed by atoms with Gasteiger partial charge in [0.1, 0.15) is 0 Å². The third-order valence-corrected chi connectivity index (χ3v) is 4.65. The molecule has 5 nitrogen and oxygen atoms in total. The molecule has 0 bridgehead atoms. The second-order valence-corrected chi connectivity index (χ2v) is 6.11. The van der Waals surface area contributed by atoms with Crippen LogP contribution in [0.2, 0.25) is 0 Å². The molecule has 0 radical (unpaired) electrons. The maximum atomic E-state index is 13.3. The number of para-hydroxylation sites is 1. The van der Waals surface area contributed by atoms with Crippen molar-refractivity contribution in [3.63, 3.8) is 0 Å². The average molecular weight is 341 g/mol. The molecule has 132 valence electrons. The molecular weight excluding hydrogens is 318 g/mol. The number of amides is 1. The summed E-state index contributed by atoms with van der Waals surface area (Å²) in [6.45, 7) is 2.08. The highest BCUT2D eigenvalue weighted by Gasteiger charge is 2.30. The van der Waals surface area contributed by atoms with Crippen LogP contribution in [0.3, 0.4) is 0 Å². The Morgan fingerprint density at radius 3 is 2.28 bits per heavy atom. The van der Waals surface area contributed by atoms with Gasteiger partial charge in [-0.15, -0.1) is 0 Å². The molecular formula is C20H23NO4. The Morgan fingerprint density at radius 1 is 1.04 bits per heavy atom. The van der Waals surface area contributed by atoms with E-state index in [0.717, 1.165) is 18.5 Å². The number of hydrogen-bond acceptors (Lipinski definition) is 4. The fourth-order valence-corrected chi connectivity index (χ4v) is 3.34. The molecule has 5 heteroatoms. The minimum atomic E-state index is -0.0705. The van der Waals surface area contributed by atoms with Crippen LogP contribution in [0.1, 0.15) is 29.3 Å². The van der Waals surface area contributed by atoms with Gasteiger partial charge < -0.3 is 19.1 Å². The molecule has 0 saturated carbocycles. The van der Waals surface area contributed by atoms with Crippen LogP contribution in [0.5, 0.6) is 17.2 Å². The molecule has 3 rings (SSSR count). The summed E-state index contributed by atoms with van der Waals surface area (Å²) in [6, 6.07) is 11.6. The van der Waals surface area contributed by atoms with Gasteiger partial charge >= 0.3 is 0 Å². The molecule has 1 atom stereocenters. The number of nitrogens with zero attached hydrogens (tertiary/aromatic N) is 1. The van der Waals surface area contributed by atoms with Crippen molar-refractivity contribution in [2.75, 3.05) is 26.2 Å². The summed E-state index contributed by atoms with van der Waals surface area (Å²) >= 11 is 0. The molecule has 0 N–H and O–H groups in total. The van der Waals surface area contributed by atoms with E-state index in [-0.39, 0.29) is 11.9 Å². The molecule has 1 aliphatic rings. The molecule has 0 fully saturated rings. The van der Waals surface area contributed by atoms with Crippen LogP contribution in [0.15, 0.2) is 36.4 Å². The number of anilines is 1. The molecule has 2 aromatic carbocycles. The van der Waals surface area contributed by atoms with E-state index in [1.54, 1.807) is 33.5 Å². The Kier molecular flexibility index (Phi) is 4.83. The summed E-state index contributed by atoms with van der Waals surface area (Å²) in [5.74, 6) is 1.36. The van der Waals surface area contributed by atoms with E-state index in [1.807, 2.05) is 23.1 Å². The van der Waals surface area contributed by atoms with Crippen LogP contribution in [-0.4, -0.2) is 33.3 Å². The minimum absolute atomic E-state index is 0.0705. The van der Waals surface area contributed by atoms with Crippen LogP contribution >= 0.6 is 0 Å². The van der Waals surface area contributed by atoms with Crippen molar-refractivity contribution in [3.05, 3.63) is 47.5 Å². The van der Waals surface area contributed by atoms with Gasteiger partial charge in [0.15, 0.2) is 11.5 Å². The zero-order valence-electron chi connectivity index (χ0n) is 15.0. The number of ether oxygens (including phenoxy) is 3. The number of rotatable bonds is 4. The predicted molar refractivity (Wildman–Crippen MR) is 97.1 cm³/mol. The van der Waals surface area contributed by atoms with Crippen LogP contribution in [-0.2, 0) is 6.42 Å². The average Bonchev–Trinajstić information content (AvgIpc) is 2.66. The lowest BCUT2D eigenvalue weighted by atomic mass is 9.95. The number of methoxy groups -OCH3 is 3. The summed E-state index contributed by atoms with van der Waals surface area (Å²) in [5, 5.41) is 0. The lowest BCUT2D eigenvalue weighted by molar-refractivity contribution is 0.0974. The Morgan fingerprint density at radius 2 is 1.68 bits per heavy atom. The molecule has 0 aromatic heterocycles. The van der Waals surface area contributed by atoms with Gasteiger partial charge in [0.05, 0.1) is 21.3 Å². The van der Waals surface area contributed by atoms with Crippen molar-refractivity contribution >= 4 is 11.6 Å². The first-order valence-corrected chi connectivity index (χ1v) is 8.32. The highest BCUT2D eigenvalue weighted by molar-refractivity contribution is 6.07. The SMILES string of the molecule is COc1cc(C(=O)N2c3ccccc3CC[C@@H]2C)cc(OC)c1OC. The van der Waals surface area contributed by atoms with Gasteiger partial charge in [0, 0.05) is 17.3 Å². The fraction of sp³-hybridized carbons (Fsp3) is 0.350. The van der Waals surface area contributed by atoms with E-state index in [0.29, 0.717) is 22.8 Å². The zero-order chi connectivity index (χ0) is 18.0. The highest BCUT2D eigenvalue weighted by Crippen LogP contribution is 2.39. The lowest BCUT2D eigenvalue weighted by Crippen LogP contribution is -2.42. The normalized spacial score (nSPS) is 16.2. The third-order valence-electron chi connectivity index (χ3n) is 4.65. The Bertz CT molecular complexity index is 762. The largest absolute Gasteiger partial charge is 0.493 e. The molecule has 0 aliphatic carbocycles. The second kappa shape index (κ2) is 7.05. The van der Waals surface area contributed by atoms with Gasteiger partial charge in [0.2, 0.25) is 5.75 Å². The number of fused-ring (bicyclic) bond motifs is 1. The van der Waals surface area contributed by atoms with Crippen molar-refractivity contribution in [1.82, 2.24) is 0 Å². The summed E-state index contributed by atoms with van der Waals surface area (Å²) in [7, 11) is 4.64. The van der Waals surface area contributed by atoms with Gasteiger partial charge in [-0.2, -0.15) is 0 Å². The van der Waals surface area contributed by atoms with Crippen molar-refractivity contribution in [3.8, 4) is 17.2 Å². The Hall–Kier alpha value is -2.69. The Balaban J connectivity index is 2.07. The van der Waals surface area contributed by atoms with Gasteiger partial charge in [-0.1, -0.05) is 18.2 Å². The number of benzene rings is 2. The molecule has 0 saturated heterocycles. The first-order valence-electron chi connectivity index (χ1n) is 8.32. The molecule has 25 heavy (non-hydrogen) atoms. The molecule has 1 heterocycles. The summed E-state index contributed by atoms with van der Waals surface area (Å²) in [4.78, 5) is 15.1. The van der Waals surface area contributed by atoms with Crippen molar-refractivity contribution in [2.24, 2.45) is 0 Å². The lowest BCUT2D eigenvalue weighted by Gasteiger charge is -2.35. The van der Waals surface area contributed by atoms with Gasteiger partial charge in [-0.3, -0.25) is 4.79 Å². The van der Waals surface area contributed by atoms with Gasteiger partial charge in [-0.25, -0.2) is 0 Å². The first kappa shape index (κ1) is 17.1. The van der Waals surface area contributed by atoms with Crippen molar-refractivity contribution in [2.45, 2.75) is 25.8 Å². The van der Waals surface area contributed by atoms with E-state index in [9.17, 15) is 4.79 Å². The number of carbonyl (C=O) groups excluding carboxylic acids is 1. The smallest absolute Gasteiger partial charge is 0.258 e. The van der Waals surface area contributed by atoms with Gasteiger partial charge in [-0.05, 0) is 43.5 Å². The maximum Gasteiger partial charge on any atom is 0.258 e. The minimum Gasteiger partial charge on any atom is -0.493 e. The van der Waals surface area contributed by atoms with Crippen molar-refractivity contribution < 1.29 is 19.0 Å². The molecule has 0 spiro atoms. The summed E-state index contributed by atoms with van der Waals surface area (Å²) < 4.78 is 16.1. The maximum absolute atomic E-state index is 13.3. The van der Waals surface area contributed by atoms with E-state index in [1.165, 1.54) is 5.56 Å². The van der Waals surface area contributed by atoms with Crippen LogP contribution in [0.25, 0.3) is 0 Å². The first-order chi connectivity index (χ1) is 12.1. The van der Waals surface area contributed by atoms with Crippen LogP contribution in [0.4, 0.5) is 5.69 Å². The number of carbonyl (C=O) groups is 1. The predicted octanol–water partition coefficient (Wildman–Crippen LogP) is 3.69. The number of hydrogen-bond donors (Lipinski definition) is 0. The van der Waals surface area contributed by atoms with Crippen LogP contribution in [0, 0.1) is 0 Å². The van der Waals surface area contributed by atoms with E-state index in [2.05, 4.69) is 13.0 Å². The van der Waals surface area contributed by atoms with Gasteiger partial charge in [0.25, 0.3) is 5.91 Å². The standard InChI is InChI=1S/C20H23NO4/c1-13-9-10-14-7-5-6-8-16(14)21(13)20(22)15-11-17(23-2)19(25-4)18(12-15)24-3/h5-8,11-13H,9-10H2,1-4H3/t13-/m0/s1. The van der Waals surface area contributed by atoms with Crippen LogP contribution < -0.4 is 19.1 Å². The number of aryl methyl sites for hydroxylation is 1. The van der Waals surface area contributed by atoms with Crippen molar-refractivity contribution in [1.29, 1.82) is 0 Å². The fourth-order valence-electron chi connectivity index (χ4n) is 3.34. The van der Waals surface area contributed by atoms with E-state index >= 15 is 0 Å². The quantitative estimate of drug-likeness (QED) is 0.851. The molecule has 1 aliphatic heterocycles. The summed E-state index contributed by atoms with van der Waals surface area (Å²) in [6.07, 6.45) is 1.92. The highest BCUT2D eigenvalue weighted by atomic mass is 16.5. The summed E-state index contributed by atoms with van der Waals surface area (Å²) in [5.41, 5.74) is 2.68. The third kappa shape index (κ3) is 3.02.